The Kier molecular flexibility index (Phi) is 7.83. The fraction of sp³-hybridized carbons (Fsp3) is 0.519. The largest absolute Gasteiger partial charge is 0.495 e. The number of hydrogen-bond donors (Lipinski definition) is 1. The summed E-state index contributed by atoms with van der Waals surface area (Å²) < 4.78 is 13.0. The molecule has 1 aromatic heterocycles. The number of nitriles is 1. The molecular formula is C27H34N8O3. The number of likely N-dealkylation sites (N-methyl/N-ethyl adjacent to an activating group) is 1. The zero-order valence-corrected chi connectivity index (χ0v) is 22.1. The topological polar surface area (TPSA) is 121 Å². The molecule has 1 N–H and O–H groups in total. The number of aldehydes is 1. The van der Waals surface area contributed by atoms with Gasteiger partial charge in [-0.25, -0.2) is 4.68 Å². The molecule has 4 atom stereocenters. The second-order valence-electron chi connectivity index (χ2n) is 10.2. The molecule has 11 heteroatoms. The first-order valence-electron chi connectivity index (χ1n) is 13.0. The molecule has 1 aromatic carbocycles. The number of nitrogens with zero attached hydrogens (tertiary/aromatic N) is 7. The van der Waals surface area contributed by atoms with Crippen LogP contribution in [-0.2, 0) is 9.53 Å². The number of dihydropyridines is 1. The standard InChI is InChI=1S/C17H23N3O2.C10H11N5O/c1-12-14(4-5-16(21-3)15(12)8-18)17-10-20-7-6-19(2)9-13(20)11-22-17;16-5-8-2-1-7-3-10(11-4-9(7)8)15-6-12-13-14-15/h4-5,13,17H,6-7,9-11H2,1-3H3;3-6,8,10-11H,1-2H2. The number of methoxy groups -OCH3 is 1. The number of allylic oxidation sites excluding steroid dienone is 2. The van der Waals surface area contributed by atoms with Gasteiger partial charge in [-0.15, -0.1) is 5.10 Å². The number of morpholine rings is 1. The molecule has 38 heavy (non-hydrogen) atoms. The molecule has 11 nitrogen and oxygen atoms in total. The van der Waals surface area contributed by atoms with Crippen LogP contribution in [0.4, 0.5) is 0 Å². The van der Waals surface area contributed by atoms with Crippen LogP contribution in [0.5, 0.6) is 5.75 Å². The predicted octanol–water partition coefficient (Wildman–Crippen LogP) is 1.76. The number of benzene rings is 1. The minimum absolute atomic E-state index is 0.0395. The summed E-state index contributed by atoms with van der Waals surface area (Å²) in [6.45, 7) is 6.89. The molecule has 0 radical (unpaired) electrons. The third-order valence-corrected chi connectivity index (χ3v) is 7.92. The minimum atomic E-state index is -0.0425. The molecule has 4 aliphatic rings. The Balaban J connectivity index is 0.000000162. The number of nitrogens with one attached hydrogen (secondary N) is 1. The van der Waals surface area contributed by atoms with Crippen molar-refractivity contribution in [1.82, 2.24) is 35.3 Å². The lowest BCUT2D eigenvalue weighted by Gasteiger charge is -2.45. The summed E-state index contributed by atoms with van der Waals surface area (Å²) >= 11 is 0. The van der Waals surface area contributed by atoms with Crippen molar-refractivity contribution in [1.29, 1.82) is 5.26 Å². The second-order valence-corrected chi connectivity index (χ2v) is 10.2. The maximum Gasteiger partial charge on any atom is 0.143 e. The first kappa shape index (κ1) is 26.0. The van der Waals surface area contributed by atoms with Gasteiger partial charge in [0.05, 0.1) is 25.4 Å². The lowest BCUT2D eigenvalue weighted by Crippen LogP contribution is -2.57. The Bertz CT molecular complexity index is 1250. The van der Waals surface area contributed by atoms with E-state index >= 15 is 0 Å². The molecule has 200 valence electrons. The molecule has 2 aromatic rings. The first-order valence-corrected chi connectivity index (χ1v) is 13.0. The Hall–Kier alpha value is -3.59. The molecular weight excluding hydrogens is 484 g/mol. The number of rotatable bonds is 4. The molecule has 0 bridgehead atoms. The van der Waals surface area contributed by atoms with Crippen molar-refractivity contribution in [2.75, 3.05) is 46.9 Å². The van der Waals surface area contributed by atoms with E-state index in [0.717, 1.165) is 68.6 Å². The molecule has 3 fully saturated rings. The highest BCUT2D eigenvalue weighted by Gasteiger charge is 2.34. The number of piperazine rings is 1. The highest BCUT2D eigenvalue weighted by Crippen LogP contribution is 2.37. The van der Waals surface area contributed by atoms with E-state index in [1.807, 2.05) is 25.3 Å². The average molecular weight is 519 g/mol. The quantitative estimate of drug-likeness (QED) is 0.599. The van der Waals surface area contributed by atoms with Crippen LogP contribution >= 0.6 is 0 Å². The van der Waals surface area contributed by atoms with E-state index in [-0.39, 0.29) is 18.2 Å². The van der Waals surface area contributed by atoms with E-state index in [0.29, 0.717) is 17.4 Å². The summed E-state index contributed by atoms with van der Waals surface area (Å²) in [5.74, 6) is 0.686. The monoisotopic (exact) mass is 518 g/mol. The van der Waals surface area contributed by atoms with Gasteiger partial charge < -0.3 is 24.5 Å². The van der Waals surface area contributed by atoms with Crippen molar-refractivity contribution in [3.8, 4) is 11.8 Å². The van der Waals surface area contributed by atoms with Crippen LogP contribution in [0.1, 0.15) is 41.8 Å². The smallest absolute Gasteiger partial charge is 0.143 e. The number of carbonyl (C=O) groups is 1. The van der Waals surface area contributed by atoms with E-state index in [1.54, 1.807) is 18.1 Å². The van der Waals surface area contributed by atoms with E-state index in [9.17, 15) is 10.1 Å². The van der Waals surface area contributed by atoms with Crippen LogP contribution in [0.3, 0.4) is 0 Å². The molecule has 0 amide bonds. The average Bonchev–Trinajstić information content (AvgIpc) is 3.63. The lowest BCUT2D eigenvalue weighted by molar-refractivity contribution is -0.110. The van der Waals surface area contributed by atoms with Crippen molar-refractivity contribution in [3.05, 3.63) is 58.6 Å². The lowest BCUT2D eigenvalue weighted by atomic mass is 9.96. The van der Waals surface area contributed by atoms with Gasteiger partial charge in [0, 0.05) is 44.3 Å². The van der Waals surface area contributed by atoms with E-state index in [2.05, 4.69) is 49.8 Å². The summed E-state index contributed by atoms with van der Waals surface area (Å²) in [6.07, 6.45) is 8.44. The molecule has 1 aliphatic carbocycles. The van der Waals surface area contributed by atoms with Gasteiger partial charge in [-0.05, 0) is 71.7 Å². The Morgan fingerprint density at radius 1 is 1.29 bits per heavy atom. The van der Waals surface area contributed by atoms with Gasteiger partial charge in [-0.3, -0.25) is 4.90 Å². The molecule has 2 saturated heterocycles. The predicted molar refractivity (Wildman–Crippen MR) is 139 cm³/mol. The third kappa shape index (κ3) is 5.20. The summed E-state index contributed by atoms with van der Waals surface area (Å²) in [4.78, 5) is 15.7. The highest BCUT2D eigenvalue weighted by molar-refractivity contribution is 5.65. The summed E-state index contributed by atoms with van der Waals surface area (Å²) in [6, 6.07) is 6.66. The van der Waals surface area contributed by atoms with Crippen molar-refractivity contribution in [3.63, 3.8) is 0 Å². The fourth-order valence-corrected chi connectivity index (χ4v) is 5.72. The van der Waals surface area contributed by atoms with Gasteiger partial charge in [0.2, 0.25) is 0 Å². The maximum atomic E-state index is 10.8. The normalized spacial score (nSPS) is 26.9. The second kappa shape index (κ2) is 11.4. The van der Waals surface area contributed by atoms with Crippen LogP contribution < -0.4 is 10.1 Å². The van der Waals surface area contributed by atoms with Crippen molar-refractivity contribution >= 4 is 6.29 Å². The van der Waals surface area contributed by atoms with Crippen molar-refractivity contribution in [2.24, 2.45) is 5.92 Å². The number of aromatic nitrogens is 4. The minimum Gasteiger partial charge on any atom is -0.495 e. The maximum absolute atomic E-state index is 10.8. The Labute approximate surface area is 222 Å². The SMILES string of the molecule is COc1ccc(C2CN3CCN(C)CC3CO2)c(C)c1C#N.O=CC1CCC2=CC(n3cnnn3)NC=C21. The van der Waals surface area contributed by atoms with Gasteiger partial charge in [0.1, 0.15) is 30.6 Å². The van der Waals surface area contributed by atoms with Gasteiger partial charge in [-0.2, -0.15) is 5.26 Å². The number of ether oxygens (including phenoxy) is 2. The van der Waals surface area contributed by atoms with Crippen LogP contribution in [0.2, 0.25) is 0 Å². The van der Waals surface area contributed by atoms with Crippen molar-refractivity contribution < 1.29 is 14.3 Å². The molecule has 4 heterocycles. The molecule has 3 aliphatic heterocycles. The van der Waals surface area contributed by atoms with E-state index < -0.39 is 0 Å². The first-order chi connectivity index (χ1) is 18.5. The summed E-state index contributed by atoms with van der Waals surface area (Å²) in [7, 11) is 3.76. The Morgan fingerprint density at radius 3 is 2.89 bits per heavy atom. The van der Waals surface area contributed by atoms with Crippen molar-refractivity contribution in [2.45, 2.75) is 38.1 Å². The van der Waals surface area contributed by atoms with Gasteiger partial charge in [-0.1, -0.05) is 6.07 Å². The van der Waals surface area contributed by atoms with Gasteiger partial charge >= 0.3 is 0 Å². The Morgan fingerprint density at radius 2 is 2.16 bits per heavy atom. The number of carbonyl (C=O) groups excluding carboxylic acids is 1. The molecule has 4 unspecified atom stereocenters. The number of tetrazole rings is 1. The zero-order valence-electron chi connectivity index (χ0n) is 22.1. The van der Waals surface area contributed by atoms with Gasteiger partial charge in [0.15, 0.2) is 0 Å². The number of fused-ring (bicyclic) bond motifs is 2. The molecule has 0 spiro atoms. The van der Waals surface area contributed by atoms with E-state index in [1.165, 1.54) is 5.57 Å². The zero-order chi connectivity index (χ0) is 26.6. The van der Waals surface area contributed by atoms with Gasteiger partial charge in [0.25, 0.3) is 0 Å². The van der Waals surface area contributed by atoms with Crippen LogP contribution in [0.15, 0.2) is 41.9 Å². The molecule has 1 saturated carbocycles. The van der Waals surface area contributed by atoms with Crippen LogP contribution in [-0.4, -0.2) is 89.3 Å². The highest BCUT2D eigenvalue weighted by atomic mass is 16.5. The number of hydrogen-bond acceptors (Lipinski definition) is 10. The third-order valence-electron chi connectivity index (χ3n) is 7.92. The van der Waals surface area contributed by atoms with Crippen LogP contribution in [0, 0.1) is 24.2 Å². The molecule has 6 rings (SSSR count). The van der Waals surface area contributed by atoms with E-state index in [4.69, 9.17) is 9.47 Å². The summed E-state index contributed by atoms with van der Waals surface area (Å²) in [5.41, 5.74) is 5.04. The summed E-state index contributed by atoms with van der Waals surface area (Å²) in [5, 5.41) is 23.6. The van der Waals surface area contributed by atoms with Crippen LogP contribution in [0.25, 0.3) is 0 Å². The fourth-order valence-electron chi connectivity index (χ4n) is 5.72.